The van der Waals surface area contributed by atoms with Crippen LogP contribution in [0.1, 0.15) is 25.4 Å². The zero-order valence-electron chi connectivity index (χ0n) is 8.06. The summed E-state index contributed by atoms with van der Waals surface area (Å²) in [7, 11) is 0. The fourth-order valence-electron chi connectivity index (χ4n) is 0.881. The summed E-state index contributed by atoms with van der Waals surface area (Å²) in [5.74, 6) is -0.788. The normalized spacial score (nSPS) is 11.4. The van der Waals surface area contributed by atoms with Crippen LogP contribution in [-0.2, 0) is 16.8 Å². The number of hydrogen-bond donors (Lipinski definition) is 2. The maximum atomic E-state index is 10.9. The summed E-state index contributed by atoms with van der Waals surface area (Å²) < 4.78 is 0. The maximum absolute atomic E-state index is 10.9. The Labute approximate surface area is 81.4 Å². The third kappa shape index (κ3) is 1.88. The highest BCUT2D eigenvalue weighted by Crippen LogP contribution is 2.19. The Morgan fingerprint density at radius 2 is 2.21 bits per heavy atom. The number of aliphatic hydroxyl groups excluding tert-OH is 1. The van der Waals surface area contributed by atoms with Crippen LogP contribution in [0.4, 0.5) is 0 Å². The van der Waals surface area contributed by atoms with Crippen LogP contribution in [0.5, 0.6) is 0 Å². The lowest BCUT2D eigenvalue weighted by Crippen LogP contribution is -2.31. The van der Waals surface area contributed by atoms with Crippen molar-refractivity contribution in [2.24, 2.45) is 0 Å². The van der Waals surface area contributed by atoms with Gasteiger partial charge in [-0.1, -0.05) is 0 Å². The van der Waals surface area contributed by atoms with Crippen LogP contribution in [0.25, 0.3) is 0 Å². The number of aliphatic hydroxyl groups is 1. The van der Waals surface area contributed by atoms with Crippen LogP contribution < -0.4 is 0 Å². The fraction of sp³-hybridized carbons (Fsp3) is 0.444. The predicted octanol–water partition coefficient (Wildman–Crippen LogP) is 0.331. The number of aliphatic carboxylic acids is 1. The first-order valence-electron chi connectivity index (χ1n) is 4.15. The van der Waals surface area contributed by atoms with E-state index in [4.69, 9.17) is 10.2 Å². The molecular formula is C9H12N2O3. The number of carboxylic acid groups (broad SMARTS) is 1. The van der Waals surface area contributed by atoms with Gasteiger partial charge in [0, 0.05) is 6.20 Å². The number of nitrogens with zero attached hydrogens (tertiary/aromatic N) is 2. The number of aromatic nitrogens is 2. The molecule has 0 aliphatic heterocycles. The van der Waals surface area contributed by atoms with Gasteiger partial charge in [-0.3, -0.25) is 4.79 Å². The van der Waals surface area contributed by atoms with Crippen LogP contribution in [0.15, 0.2) is 12.3 Å². The molecule has 0 atom stereocenters. The predicted molar refractivity (Wildman–Crippen MR) is 48.6 cm³/mol. The Hall–Kier alpha value is -1.49. The van der Waals surface area contributed by atoms with Crippen molar-refractivity contribution in [1.82, 2.24) is 9.97 Å². The van der Waals surface area contributed by atoms with Gasteiger partial charge in [0.05, 0.1) is 12.3 Å². The van der Waals surface area contributed by atoms with Crippen LogP contribution in [0.3, 0.4) is 0 Å². The molecule has 0 saturated carbocycles. The van der Waals surface area contributed by atoms with Crippen molar-refractivity contribution >= 4 is 5.97 Å². The van der Waals surface area contributed by atoms with E-state index in [1.54, 1.807) is 6.07 Å². The van der Waals surface area contributed by atoms with Gasteiger partial charge in [-0.15, -0.1) is 0 Å². The molecule has 0 saturated heterocycles. The first-order valence-corrected chi connectivity index (χ1v) is 4.15. The van der Waals surface area contributed by atoms with Gasteiger partial charge in [0.25, 0.3) is 0 Å². The third-order valence-corrected chi connectivity index (χ3v) is 1.97. The van der Waals surface area contributed by atoms with E-state index in [2.05, 4.69) is 9.97 Å². The Morgan fingerprint density at radius 3 is 2.71 bits per heavy atom. The molecule has 0 aliphatic rings. The Balaban J connectivity index is 3.12. The van der Waals surface area contributed by atoms with Crippen molar-refractivity contribution in [2.45, 2.75) is 25.9 Å². The Morgan fingerprint density at radius 1 is 1.57 bits per heavy atom. The zero-order valence-corrected chi connectivity index (χ0v) is 8.06. The monoisotopic (exact) mass is 196 g/mol. The molecule has 0 spiro atoms. The summed E-state index contributed by atoms with van der Waals surface area (Å²) >= 11 is 0. The SMILES string of the molecule is CC(C)(C(=O)O)c1nccc(CO)n1. The van der Waals surface area contributed by atoms with Crippen molar-refractivity contribution in [2.75, 3.05) is 0 Å². The van der Waals surface area contributed by atoms with E-state index in [0.29, 0.717) is 5.69 Å². The molecule has 14 heavy (non-hydrogen) atoms. The van der Waals surface area contributed by atoms with Crippen molar-refractivity contribution < 1.29 is 15.0 Å². The molecule has 0 amide bonds. The number of rotatable bonds is 3. The van der Waals surface area contributed by atoms with E-state index in [1.807, 2.05) is 0 Å². The molecule has 1 aromatic heterocycles. The second-order valence-electron chi connectivity index (χ2n) is 3.46. The zero-order chi connectivity index (χ0) is 10.8. The molecule has 5 nitrogen and oxygen atoms in total. The highest BCUT2D eigenvalue weighted by molar-refractivity contribution is 5.78. The number of carboxylic acids is 1. The first kappa shape index (κ1) is 10.6. The van der Waals surface area contributed by atoms with Crippen molar-refractivity contribution in [3.63, 3.8) is 0 Å². The average molecular weight is 196 g/mol. The summed E-state index contributed by atoms with van der Waals surface area (Å²) in [6.07, 6.45) is 1.44. The molecule has 76 valence electrons. The first-order chi connectivity index (χ1) is 6.48. The lowest BCUT2D eigenvalue weighted by molar-refractivity contribution is -0.142. The van der Waals surface area contributed by atoms with Crippen molar-refractivity contribution in [3.8, 4) is 0 Å². The molecule has 1 heterocycles. The smallest absolute Gasteiger partial charge is 0.316 e. The average Bonchev–Trinajstić information content (AvgIpc) is 2.17. The highest BCUT2D eigenvalue weighted by atomic mass is 16.4. The topological polar surface area (TPSA) is 83.3 Å². The van der Waals surface area contributed by atoms with Gasteiger partial charge in [-0.2, -0.15) is 0 Å². The van der Waals surface area contributed by atoms with E-state index >= 15 is 0 Å². The van der Waals surface area contributed by atoms with Crippen LogP contribution in [0, 0.1) is 0 Å². The molecule has 2 N–H and O–H groups in total. The molecule has 0 unspecified atom stereocenters. The summed E-state index contributed by atoms with van der Waals surface area (Å²) in [4.78, 5) is 18.7. The van der Waals surface area contributed by atoms with Gasteiger partial charge < -0.3 is 10.2 Å². The van der Waals surface area contributed by atoms with Crippen LogP contribution in [-0.4, -0.2) is 26.2 Å². The van der Waals surface area contributed by atoms with Gasteiger partial charge in [0.15, 0.2) is 0 Å². The second-order valence-corrected chi connectivity index (χ2v) is 3.46. The Bertz CT molecular complexity index is 350. The lowest BCUT2D eigenvalue weighted by atomic mass is 9.93. The lowest BCUT2D eigenvalue weighted by Gasteiger charge is -2.17. The van der Waals surface area contributed by atoms with E-state index in [0.717, 1.165) is 0 Å². The molecular weight excluding hydrogens is 184 g/mol. The van der Waals surface area contributed by atoms with Gasteiger partial charge in [-0.05, 0) is 19.9 Å². The highest BCUT2D eigenvalue weighted by Gasteiger charge is 2.32. The number of hydrogen-bond acceptors (Lipinski definition) is 4. The van der Waals surface area contributed by atoms with E-state index in [-0.39, 0.29) is 12.4 Å². The molecule has 0 fully saturated rings. The Kier molecular flexibility index (Phi) is 2.81. The molecule has 1 aromatic rings. The molecule has 0 aromatic carbocycles. The summed E-state index contributed by atoms with van der Waals surface area (Å²) in [5, 5.41) is 17.7. The van der Waals surface area contributed by atoms with Crippen molar-refractivity contribution in [1.29, 1.82) is 0 Å². The van der Waals surface area contributed by atoms with E-state index < -0.39 is 11.4 Å². The second kappa shape index (κ2) is 3.71. The fourth-order valence-corrected chi connectivity index (χ4v) is 0.881. The summed E-state index contributed by atoms with van der Waals surface area (Å²) in [6, 6.07) is 1.54. The molecule has 0 radical (unpaired) electrons. The molecule has 1 rings (SSSR count). The largest absolute Gasteiger partial charge is 0.481 e. The van der Waals surface area contributed by atoms with Gasteiger partial charge in [0.1, 0.15) is 11.2 Å². The maximum Gasteiger partial charge on any atom is 0.316 e. The van der Waals surface area contributed by atoms with Gasteiger partial charge in [0.2, 0.25) is 0 Å². The quantitative estimate of drug-likeness (QED) is 0.727. The van der Waals surface area contributed by atoms with E-state index in [1.165, 1.54) is 20.0 Å². The summed E-state index contributed by atoms with van der Waals surface area (Å²) in [5.41, 5.74) is -0.713. The molecule has 5 heteroatoms. The minimum Gasteiger partial charge on any atom is -0.481 e. The van der Waals surface area contributed by atoms with Crippen LogP contribution >= 0.6 is 0 Å². The number of carbonyl (C=O) groups is 1. The molecule has 0 bridgehead atoms. The summed E-state index contributed by atoms with van der Waals surface area (Å²) in [6.45, 7) is 2.82. The van der Waals surface area contributed by atoms with Gasteiger partial charge >= 0.3 is 5.97 Å². The minimum atomic E-state index is -1.13. The molecule has 0 aliphatic carbocycles. The third-order valence-electron chi connectivity index (χ3n) is 1.97. The van der Waals surface area contributed by atoms with Crippen LogP contribution in [0.2, 0.25) is 0 Å². The standard InChI is InChI=1S/C9H12N2O3/c1-9(2,8(13)14)7-10-4-3-6(5-12)11-7/h3-4,12H,5H2,1-2H3,(H,13,14). The minimum absolute atomic E-state index is 0.205. The van der Waals surface area contributed by atoms with Gasteiger partial charge in [-0.25, -0.2) is 9.97 Å². The van der Waals surface area contributed by atoms with Crippen molar-refractivity contribution in [3.05, 3.63) is 23.8 Å². The van der Waals surface area contributed by atoms with E-state index in [9.17, 15) is 4.79 Å².